The fraction of sp³-hybridized carbons (Fsp3) is 0.111. The van der Waals surface area contributed by atoms with Crippen LogP contribution in [0.3, 0.4) is 0 Å². The zero-order chi connectivity index (χ0) is 14.7. The summed E-state index contributed by atoms with van der Waals surface area (Å²) in [7, 11) is 0. The van der Waals surface area contributed by atoms with Gasteiger partial charge in [-0.2, -0.15) is 0 Å². The number of hydrogen-bond acceptors (Lipinski definition) is 3. The first-order chi connectivity index (χ1) is 10.3. The van der Waals surface area contributed by atoms with Crippen LogP contribution in [0.15, 0.2) is 60.9 Å². The number of rotatable bonds is 3. The lowest BCUT2D eigenvalue weighted by molar-refractivity contribution is 1.04. The number of aryl methyl sites for hydroxylation is 1. The van der Waals surface area contributed by atoms with Crippen LogP contribution in [-0.2, 0) is 6.42 Å². The third-order valence-corrected chi connectivity index (χ3v) is 3.52. The molecule has 0 aliphatic heterocycles. The minimum atomic E-state index is 0.564. The highest BCUT2D eigenvalue weighted by Gasteiger charge is 2.11. The van der Waals surface area contributed by atoms with E-state index in [-0.39, 0.29) is 0 Å². The summed E-state index contributed by atoms with van der Waals surface area (Å²) in [6.07, 6.45) is 4.52. The van der Waals surface area contributed by atoms with Crippen molar-refractivity contribution in [2.24, 2.45) is 0 Å². The largest absolute Gasteiger partial charge is 0.384 e. The van der Waals surface area contributed by atoms with E-state index in [0.717, 1.165) is 34.4 Å². The first kappa shape index (κ1) is 13.3. The third-order valence-electron chi connectivity index (χ3n) is 3.52. The molecule has 3 aromatic rings. The van der Waals surface area contributed by atoms with E-state index in [0.29, 0.717) is 5.82 Å². The van der Waals surface area contributed by atoms with Crippen molar-refractivity contribution in [3.8, 4) is 22.3 Å². The smallest absolute Gasteiger partial charge is 0.123 e. The predicted molar refractivity (Wildman–Crippen MR) is 86.7 cm³/mol. The van der Waals surface area contributed by atoms with Crippen LogP contribution in [0, 0.1) is 0 Å². The lowest BCUT2D eigenvalue weighted by Crippen LogP contribution is -1.98. The summed E-state index contributed by atoms with van der Waals surface area (Å²) in [5.74, 6) is 0.564. The number of nitrogen functional groups attached to an aromatic ring is 1. The summed E-state index contributed by atoms with van der Waals surface area (Å²) in [5, 5.41) is 0. The molecule has 0 bridgehead atoms. The molecule has 2 aromatic heterocycles. The van der Waals surface area contributed by atoms with Crippen LogP contribution >= 0.6 is 0 Å². The molecule has 0 saturated carbocycles. The molecule has 3 rings (SSSR count). The van der Waals surface area contributed by atoms with E-state index in [1.165, 1.54) is 0 Å². The molecular formula is C18H17N3. The molecule has 21 heavy (non-hydrogen) atoms. The first-order valence-corrected chi connectivity index (χ1v) is 7.04. The van der Waals surface area contributed by atoms with Gasteiger partial charge >= 0.3 is 0 Å². The Morgan fingerprint density at radius 2 is 1.71 bits per heavy atom. The Kier molecular flexibility index (Phi) is 3.65. The second-order valence-corrected chi connectivity index (χ2v) is 4.87. The van der Waals surface area contributed by atoms with Gasteiger partial charge in [0.15, 0.2) is 0 Å². The van der Waals surface area contributed by atoms with Crippen molar-refractivity contribution in [1.29, 1.82) is 0 Å². The lowest BCUT2D eigenvalue weighted by atomic mass is 9.94. The highest BCUT2D eigenvalue weighted by molar-refractivity contribution is 5.84. The molecule has 0 unspecified atom stereocenters. The molecular weight excluding hydrogens is 258 g/mol. The van der Waals surface area contributed by atoms with Crippen molar-refractivity contribution >= 4 is 5.82 Å². The molecule has 104 valence electrons. The monoisotopic (exact) mass is 275 g/mol. The second-order valence-electron chi connectivity index (χ2n) is 4.87. The molecule has 0 aliphatic carbocycles. The quantitative estimate of drug-likeness (QED) is 0.787. The number of nitrogens with two attached hydrogens (primary N) is 1. The minimum Gasteiger partial charge on any atom is -0.384 e. The normalized spacial score (nSPS) is 10.5. The number of pyridine rings is 2. The molecule has 0 radical (unpaired) electrons. The summed E-state index contributed by atoms with van der Waals surface area (Å²) >= 11 is 0. The van der Waals surface area contributed by atoms with Gasteiger partial charge in [-0.3, -0.25) is 4.98 Å². The van der Waals surface area contributed by atoms with Crippen LogP contribution in [-0.4, -0.2) is 9.97 Å². The van der Waals surface area contributed by atoms with E-state index >= 15 is 0 Å². The highest BCUT2D eigenvalue weighted by Crippen LogP contribution is 2.33. The van der Waals surface area contributed by atoms with Crippen molar-refractivity contribution < 1.29 is 0 Å². The topological polar surface area (TPSA) is 51.8 Å². The molecule has 0 spiro atoms. The van der Waals surface area contributed by atoms with Gasteiger partial charge in [0, 0.05) is 23.5 Å². The second kappa shape index (κ2) is 5.75. The average Bonchev–Trinajstić information content (AvgIpc) is 2.55. The average molecular weight is 275 g/mol. The molecule has 0 saturated heterocycles. The van der Waals surface area contributed by atoms with Gasteiger partial charge in [0.2, 0.25) is 0 Å². The van der Waals surface area contributed by atoms with Gasteiger partial charge in [0.1, 0.15) is 5.82 Å². The summed E-state index contributed by atoms with van der Waals surface area (Å²) in [6, 6.07) is 16.3. The number of anilines is 1. The van der Waals surface area contributed by atoms with Crippen LogP contribution in [0.1, 0.15) is 12.6 Å². The van der Waals surface area contributed by atoms with Gasteiger partial charge in [0.25, 0.3) is 0 Å². The highest BCUT2D eigenvalue weighted by atomic mass is 14.8. The standard InChI is InChI=1S/C18H17N3/c1-2-17-16(9-10-18(19)21-17)15-8-4-3-7-14(15)13-6-5-11-20-12-13/h3-12H,2H2,1H3,(H2,19,21). The van der Waals surface area contributed by atoms with Gasteiger partial charge in [0.05, 0.1) is 5.69 Å². The van der Waals surface area contributed by atoms with E-state index in [1.807, 2.05) is 30.5 Å². The van der Waals surface area contributed by atoms with Gasteiger partial charge in [-0.25, -0.2) is 4.98 Å². The summed E-state index contributed by atoms with van der Waals surface area (Å²) in [5.41, 5.74) is 11.4. The minimum absolute atomic E-state index is 0.564. The molecule has 0 amide bonds. The van der Waals surface area contributed by atoms with E-state index in [2.05, 4.69) is 41.2 Å². The maximum absolute atomic E-state index is 5.81. The van der Waals surface area contributed by atoms with Crippen molar-refractivity contribution in [3.05, 3.63) is 66.6 Å². The Morgan fingerprint density at radius 3 is 2.43 bits per heavy atom. The van der Waals surface area contributed by atoms with Gasteiger partial charge in [-0.15, -0.1) is 0 Å². The molecule has 2 heterocycles. The van der Waals surface area contributed by atoms with E-state index in [4.69, 9.17) is 5.73 Å². The molecule has 1 aromatic carbocycles. The van der Waals surface area contributed by atoms with Gasteiger partial charge < -0.3 is 5.73 Å². The van der Waals surface area contributed by atoms with Crippen molar-refractivity contribution in [2.75, 3.05) is 5.73 Å². The third kappa shape index (κ3) is 2.63. The first-order valence-electron chi connectivity index (χ1n) is 7.04. The maximum Gasteiger partial charge on any atom is 0.123 e. The molecule has 3 nitrogen and oxygen atoms in total. The van der Waals surface area contributed by atoms with E-state index < -0.39 is 0 Å². The van der Waals surface area contributed by atoms with E-state index in [1.54, 1.807) is 6.20 Å². The van der Waals surface area contributed by atoms with Gasteiger partial charge in [-0.05, 0) is 35.7 Å². The van der Waals surface area contributed by atoms with Crippen LogP contribution in [0.5, 0.6) is 0 Å². The van der Waals surface area contributed by atoms with Gasteiger partial charge in [-0.1, -0.05) is 37.3 Å². The fourth-order valence-electron chi connectivity index (χ4n) is 2.52. The zero-order valence-electron chi connectivity index (χ0n) is 12.0. The zero-order valence-corrected chi connectivity index (χ0v) is 12.0. The Hall–Kier alpha value is -2.68. The Labute approximate surface area is 124 Å². The number of nitrogens with zero attached hydrogens (tertiary/aromatic N) is 2. The molecule has 0 fully saturated rings. The number of aromatic nitrogens is 2. The summed E-state index contributed by atoms with van der Waals surface area (Å²) in [4.78, 5) is 8.68. The Bertz CT molecular complexity index is 751. The van der Waals surface area contributed by atoms with Crippen LogP contribution < -0.4 is 5.73 Å². The maximum atomic E-state index is 5.81. The van der Waals surface area contributed by atoms with Crippen LogP contribution in [0.4, 0.5) is 5.82 Å². The van der Waals surface area contributed by atoms with Crippen molar-refractivity contribution in [3.63, 3.8) is 0 Å². The number of benzene rings is 1. The SMILES string of the molecule is CCc1nc(N)ccc1-c1ccccc1-c1cccnc1. The molecule has 0 atom stereocenters. The van der Waals surface area contributed by atoms with Crippen LogP contribution in [0.25, 0.3) is 22.3 Å². The molecule has 2 N–H and O–H groups in total. The Balaban J connectivity index is 2.21. The number of hydrogen-bond donors (Lipinski definition) is 1. The van der Waals surface area contributed by atoms with Crippen molar-refractivity contribution in [1.82, 2.24) is 9.97 Å². The summed E-state index contributed by atoms with van der Waals surface area (Å²) < 4.78 is 0. The summed E-state index contributed by atoms with van der Waals surface area (Å²) in [6.45, 7) is 2.10. The van der Waals surface area contributed by atoms with E-state index in [9.17, 15) is 0 Å². The lowest BCUT2D eigenvalue weighted by Gasteiger charge is -2.13. The molecule has 0 aliphatic rings. The fourth-order valence-corrected chi connectivity index (χ4v) is 2.52. The van der Waals surface area contributed by atoms with Crippen LogP contribution in [0.2, 0.25) is 0 Å². The predicted octanol–water partition coefficient (Wildman–Crippen LogP) is 3.96. The van der Waals surface area contributed by atoms with Crippen molar-refractivity contribution in [2.45, 2.75) is 13.3 Å². The Morgan fingerprint density at radius 1 is 0.905 bits per heavy atom. The molecule has 3 heteroatoms.